The Morgan fingerprint density at radius 3 is 2.89 bits per heavy atom. The summed E-state index contributed by atoms with van der Waals surface area (Å²) in [5, 5.41) is 3.31. The molecule has 0 saturated heterocycles. The van der Waals surface area contributed by atoms with E-state index in [0.717, 1.165) is 44.3 Å². The van der Waals surface area contributed by atoms with E-state index in [0.29, 0.717) is 6.04 Å². The van der Waals surface area contributed by atoms with Gasteiger partial charge in [-0.3, -0.25) is 4.79 Å². The summed E-state index contributed by atoms with van der Waals surface area (Å²) in [6.45, 7) is 3.95. The molecule has 2 rings (SSSR count). The average molecular weight is 260 g/mol. The van der Waals surface area contributed by atoms with Crippen LogP contribution in [0.2, 0.25) is 0 Å². The monoisotopic (exact) mass is 260 g/mol. The average Bonchev–Trinajstić information content (AvgIpc) is 2.46. The molecule has 1 aromatic carbocycles. The van der Waals surface area contributed by atoms with Gasteiger partial charge in [-0.15, -0.1) is 0 Å². The van der Waals surface area contributed by atoms with Gasteiger partial charge >= 0.3 is 0 Å². The number of rotatable bonds is 6. The molecule has 104 valence electrons. The zero-order valence-corrected chi connectivity index (χ0v) is 12.0. The zero-order chi connectivity index (χ0) is 13.7. The number of amides is 1. The highest BCUT2D eigenvalue weighted by Crippen LogP contribution is 2.19. The van der Waals surface area contributed by atoms with Crippen molar-refractivity contribution in [2.45, 2.75) is 38.6 Å². The van der Waals surface area contributed by atoms with Crippen LogP contribution in [0.1, 0.15) is 42.1 Å². The molecule has 0 fully saturated rings. The van der Waals surface area contributed by atoms with Crippen LogP contribution in [0.3, 0.4) is 0 Å². The molecule has 19 heavy (non-hydrogen) atoms. The van der Waals surface area contributed by atoms with Gasteiger partial charge in [0.1, 0.15) is 0 Å². The molecule has 1 aliphatic rings. The zero-order valence-electron chi connectivity index (χ0n) is 12.0. The smallest absolute Gasteiger partial charge is 0.254 e. The number of hydrogen-bond donors (Lipinski definition) is 1. The summed E-state index contributed by atoms with van der Waals surface area (Å²) < 4.78 is 0. The molecule has 0 saturated carbocycles. The van der Waals surface area contributed by atoms with Crippen LogP contribution in [0.5, 0.6) is 0 Å². The van der Waals surface area contributed by atoms with Crippen molar-refractivity contribution in [3.05, 3.63) is 35.4 Å². The van der Waals surface area contributed by atoms with Gasteiger partial charge in [-0.1, -0.05) is 25.1 Å². The highest BCUT2D eigenvalue weighted by molar-refractivity contribution is 5.96. The Hall–Kier alpha value is -1.35. The topological polar surface area (TPSA) is 32.3 Å². The highest BCUT2D eigenvalue weighted by atomic mass is 16.2. The molecular weight excluding hydrogens is 236 g/mol. The third kappa shape index (κ3) is 3.35. The SMILES string of the molecule is CCC(CCCN1CCc2ccccc2C1=O)NC. The summed E-state index contributed by atoms with van der Waals surface area (Å²) in [6.07, 6.45) is 4.35. The van der Waals surface area contributed by atoms with Crippen molar-refractivity contribution >= 4 is 5.91 Å². The summed E-state index contributed by atoms with van der Waals surface area (Å²) in [6, 6.07) is 8.56. The Bertz CT molecular complexity index is 427. The van der Waals surface area contributed by atoms with E-state index in [2.05, 4.69) is 18.3 Å². The van der Waals surface area contributed by atoms with E-state index in [9.17, 15) is 4.79 Å². The fourth-order valence-electron chi connectivity index (χ4n) is 2.77. The number of nitrogens with zero attached hydrogens (tertiary/aromatic N) is 1. The van der Waals surface area contributed by atoms with Gasteiger partial charge in [-0.25, -0.2) is 0 Å². The first-order chi connectivity index (χ1) is 9.26. The maximum absolute atomic E-state index is 12.3. The number of benzene rings is 1. The quantitative estimate of drug-likeness (QED) is 0.852. The van der Waals surface area contributed by atoms with Gasteiger partial charge in [0, 0.05) is 24.7 Å². The van der Waals surface area contributed by atoms with Crippen molar-refractivity contribution in [1.29, 1.82) is 0 Å². The Kier molecular flexibility index (Phi) is 4.97. The van der Waals surface area contributed by atoms with E-state index in [4.69, 9.17) is 0 Å². The molecule has 1 unspecified atom stereocenters. The van der Waals surface area contributed by atoms with Gasteiger partial charge in [-0.2, -0.15) is 0 Å². The van der Waals surface area contributed by atoms with Crippen LogP contribution in [-0.4, -0.2) is 37.0 Å². The minimum Gasteiger partial charge on any atom is -0.338 e. The van der Waals surface area contributed by atoms with Crippen molar-refractivity contribution in [1.82, 2.24) is 10.2 Å². The molecule has 0 radical (unpaired) electrons. The number of carbonyl (C=O) groups excluding carboxylic acids is 1. The molecule has 1 N–H and O–H groups in total. The van der Waals surface area contributed by atoms with Crippen LogP contribution < -0.4 is 5.32 Å². The second kappa shape index (κ2) is 6.71. The molecule has 0 aliphatic carbocycles. The van der Waals surface area contributed by atoms with E-state index in [1.807, 2.05) is 30.1 Å². The van der Waals surface area contributed by atoms with Crippen molar-refractivity contribution in [3.8, 4) is 0 Å². The number of nitrogens with one attached hydrogen (secondary N) is 1. The van der Waals surface area contributed by atoms with Gasteiger partial charge in [0.05, 0.1) is 0 Å². The summed E-state index contributed by atoms with van der Waals surface area (Å²) >= 11 is 0. The lowest BCUT2D eigenvalue weighted by molar-refractivity contribution is 0.0735. The Morgan fingerprint density at radius 1 is 1.37 bits per heavy atom. The van der Waals surface area contributed by atoms with E-state index in [1.165, 1.54) is 5.56 Å². The highest BCUT2D eigenvalue weighted by Gasteiger charge is 2.23. The predicted molar refractivity (Wildman–Crippen MR) is 78.4 cm³/mol. The second-order valence-electron chi connectivity index (χ2n) is 5.24. The van der Waals surface area contributed by atoms with Crippen LogP contribution in [0.15, 0.2) is 24.3 Å². The standard InChI is InChI=1S/C16H24N2O/c1-3-14(17-2)8-6-11-18-12-10-13-7-4-5-9-15(13)16(18)19/h4-5,7,9,14,17H,3,6,8,10-12H2,1-2H3. The summed E-state index contributed by atoms with van der Waals surface area (Å²) in [4.78, 5) is 14.3. The normalized spacial score (nSPS) is 16.3. The van der Waals surface area contributed by atoms with Gasteiger partial charge in [0.2, 0.25) is 0 Å². The van der Waals surface area contributed by atoms with E-state index in [-0.39, 0.29) is 5.91 Å². The third-order valence-electron chi connectivity index (χ3n) is 4.07. The molecule has 0 bridgehead atoms. The lowest BCUT2D eigenvalue weighted by Crippen LogP contribution is -2.38. The van der Waals surface area contributed by atoms with Crippen LogP contribution in [0, 0.1) is 0 Å². The molecule has 1 heterocycles. The van der Waals surface area contributed by atoms with Crippen LogP contribution in [0.25, 0.3) is 0 Å². The van der Waals surface area contributed by atoms with E-state index >= 15 is 0 Å². The molecule has 1 atom stereocenters. The van der Waals surface area contributed by atoms with Crippen molar-refractivity contribution in [3.63, 3.8) is 0 Å². The molecule has 1 aliphatic heterocycles. The van der Waals surface area contributed by atoms with Crippen molar-refractivity contribution < 1.29 is 4.79 Å². The molecule has 3 heteroatoms. The van der Waals surface area contributed by atoms with Crippen LogP contribution >= 0.6 is 0 Å². The minimum atomic E-state index is 0.208. The maximum Gasteiger partial charge on any atom is 0.254 e. The maximum atomic E-state index is 12.3. The molecule has 0 spiro atoms. The number of hydrogen-bond acceptors (Lipinski definition) is 2. The largest absolute Gasteiger partial charge is 0.338 e. The van der Waals surface area contributed by atoms with Gasteiger partial charge in [0.25, 0.3) is 5.91 Å². The molecule has 1 aromatic rings. The van der Waals surface area contributed by atoms with Gasteiger partial charge in [-0.05, 0) is 44.4 Å². The van der Waals surface area contributed by atoms with E-state index in [1.54, 1.807) is 0 Å². The number of carbonyl (C=O) groups is 1. The van der Waals surface area contributed by atoms with E-state index < -0.39 is 0 Å². The third-order valence-corrected chi connectivity index (χ3v) is 4.07. The summed E-state index contributed by atoms with van der Waals surface area (Å²) in [7, 11) is 2.01. The van der Waals surface area contributed by atoms with Crippen molar-refractivity contribution in [2.24, 2.45) is 0 Å². The first kappa shape index (κ1) is 14.1. The summed E-state index contributed by atoms with van der Waals surface area (Å²) in [5.74, 6) is 0.208. The molecule has 3 nitrogen and oxygen atoms in total. The molecule has 1 amide bonds. The lowest BCUT2D eigenvalue weighted by atomic mass is 9.98. The second-order valence-corrected chi connectivity index (χ2v) is 5.24. The van der Waals surface area contributed by atoms with Gasteiger partial charge < -0.3 is 10.2 Å². The first-order valence-corrected chi connectivity index (χ1v) is 7.30. The fourth-order valence-corrected chi connectivity index (χ4v) is 2.77. The summed E-state index contributed by atoms with van der Waals surface area (Å²) in [5.41, 5.74) is 2.10. The first-order valence-electron chi connectivity index (χ1n) is 7.30. The predicted octanol–water partition coefficient (Wildman–Crippen LogP) is 2.46. The van der Waals surface area contributed by atoms with Gasteiger partial charge in [0.15, 0.2) is 0 Å². The molecular formula is C16H24N2O. The fraction of sp³-hybridized carbons (Fsp3) is 0.562. The van der Waals surface area contributed by atoms with Crippen LogP contribution in [0.4, 0.5) is 0 Å². The number of fused-ring (bicyclic) bond motifs is 1. The molecule has 0 aromatic heterocycles. The Balaban J connectivity index is 1.88. The van der Waals surface area contributed by atoms with Crippen LogP contribution in [-0.2, 0) is 6.42 Å². The lowest BCUT2D eigenvalue weighted by Gasteiger charge is -2.29. The Labute approximate surface area is 116 Å². The van der Waals surface area contributed by atoms with Crippen molar-refractivity contribution in [2.75, 3.05) is 20.1 Å². The minimum absolute atomic E-state index is 0.208. The Morgan fingerprint density at radius 2 is 2.16 bits per heavy atom.